The highest BCUT2D eigenvalue weighted by Crippen LogP contribution is 2.24. The maximum Gasteiger partial charge on any atom is 0.407 e. The normalized spacial score (nSPS) is 18.2. The number of rotatable bonds is 2. The number of nitrogens with zero attached hydrogens (tertiary/aromatic N) is 1. The van der Waals surface area contributed by atoms with Crippen LogP contribution in [0.4, 0.5) is 4.79 Å². The monoisotopic (exact) mass is 282 g/mol. The molecule has 1 aromatic heterocycles. The Bertz CT molecular complexity index is 529. The Morgan fingerprint density at radius 1 is 1.45 bits per heavy atom. The predicted molar refractivity (Wildman–Crippen MR) is 68.6 cm³/mol. The van der Waals surface area contributed by atoms with Gasteiger partial charge in [0.1, 0.15) is 11.4 Å². The van der Waals surface area contributed by atoms with E-state index in [-0.39, 0.29) is 11.7 Å². The number of aromatic carboxylic acids is 1. The Kier molecular flexibility index (Phi) is 3.69. The van der Waals surface area contributed by atoms with Crippen LogP contribution in [0.3, 0.4) is 0 Å². The van der Waals surface area contributed by atoms with Crippen LogP contribution >= 0.6 is 0 Å². The maximum atomic E-state index is 11.7. The Labute approximate surface area is 116 Å². The third-order valence-corrected chi connectivity index (χ3v) is 2.96. The van der Waals surface area contributed by atoms with Crippen LogP contribution in [-0.2, 0) is 17.6 Å². The van der Waals surface area contributed by atoms with Crippen LogP contribution in [0.2, 0.25) is 0 Å². The summed E-state index contributed by atoms with van der Waals surface area (Å²) in [5, 5.41) is 15.3. The number of fused-ring (bicyclic) bond motifs is 1. The SMILES string of the molecule is CC(C)(C)OC(=O)NC1CCc2onc(C(=O)O)c2C1. The van der Waals surface area contributed by atoms with Crippen molar-refractivity contribution in [2.45, 2.75) is 51.7 Å². The molecular formula is C13H18N2O5. The zero-order chi connectivity index (χ0) is 14.9. The van der Waals surface area contributed by atoms with Crippen molar-refractivity contribution < 1.29 is 24.0 Å². The lowest BCUT2D eigenvalue weighted by atomic mass is 9.92. The van der Waals surface area contributed by atoms with Crippen molar-refractivity contribution in [3.05, 3.63) is 17.0 Å². The van der Waals surface area contributed by atoms with Gasteiger partial charge in [-0.15, -0.1) is 0 Å². The summed E-state index contributed by atoms with van der Waals surface area (Å²) in [5.41, 5.74) is -0.0756. The minimum Gasteiger partial charge on any atom is -0.476 e. The Hall–Kier alpha value is -2.05. The standard InChI is InChI=1S/C13H18N2O5/c1-13(2,3)19-12(18)14-7-4-5-9-8(6-7)10(11(16)17)15-20-9/h7H,4-6H2,1-3H3,(H,14,18)(H,16,17). The number of carbonyl (C=O) groups excluding carboxylic acids is 1. The topological polar surface area (TPSA) is 102 Å². The summed E-state index contributed by atoms with van der Waals surface area (Å²) >= 11 is 0. The molecule has 1 aromatic rings. The molecule has 2 N–H and O–H groups in total. The first-order valence-corrected chi connectivity index (χ1v) is 6.46. The summed E-state index contributed by atoms with van der Waals surface area (Å²) in [6.45, 7) is 5.36. The molecule has 1 heterocycles. The van der Waals surface area contributed by atoms with E-state index in [0.717, 1.165) is 0 Å². The van der Waals surface area contributed by atoms with Crippen LogP contribution in [-0.4, -0.2) is 34.0 Å². The molecule has 110 valence electrons. The van der Waals surface area contributed by atoms with E-state index in [0.29, 0.717) is 30.6 Å². The van der Waals surface area contributed by atoms with E-state index in [1.807, 2.05) is 0 Å². The second-order valence-electron chi connectivity index (χ2n) is 5.82. The molecule has 0 aliphatic heterocycles. The lowest BCUT2D eigenvalue weighted by Gasteiger charge is -2.25. The molecule has 7 heteroatoms. The Morgan fingerprint density at radius 3 is 2.75 bits per heavy atom. The van der Waals surface area contributed by atoms with Crippen molar-refractivity contribution in [1.29, 1.82) is 0 Å². The zero-order valence-corrected chi connectivity index (χ0v) is 11.7. The maximum absolute atomic E-state index is 11.7. The van der Waals surface area contributed by atoms with Crippen molar-refractivity contribution in [2.24, 2.45) is 0 Å². The lowest BCUT2D eigenvalue weighted by Crippen LogP contribution is -2.41. The molecule has 0 fully saturated rings. The van der Waals surface area contributed by atoms with Gasteiger partial charge in [0, 0.05) is 18.0 Å². The molecule has 1 aliphatic carbocycles. The summed E-state index contributed by atoms with van der Waals surface area (Å²) in [6.07, 6.45) is 1.11. The van der Waals surface area contributed by atoms with Crippen LogP contribution < -0.4 is 5.32 Å². The van der Waals surface area contributed by atoms with E-state index >= 15 is 0 Å². The number of ether oxygens (including phenoxy) is 1. The molecule has 0 aromatic carbocycles. The fourth-order valence-corrected chi connectivity index (χ4v) is 2.17. The number of aromatic nitrogens is 1. The van der Waals surface area contributed by atoms with E-state index in [2.05, 4.69) is 10.5 Å². The molecule has 1 atom stereocenters. The Morgan fingerprint density at radius 2 is 2.15 bits per heavy atom. The van der Waals surface area contributed by atoms with Gasteiger partial charge < -0.3 is 19.7 Å². The summed E-state index contributed by atoms with van der Waals surface area (Å²) in [7, 11) is 0. The highest BCUT2D eigenvalue weighted by Gasteiger charge is 2.30. The number of nitrogens with one attached hydrogen (secondary N) is 1. The molecule has 0 radical (unpaired) electrons. The van der Waals surface area contributed by atoms with Gasteiger partial charge in [-0.05, 0) is 33.6 Å². The smallest absolute Gasteiger partial charge is 0.407 e. The van der Waals surface area contributed by atoms with Crippen LogP contribution in [0.1, 0.15) is 49.0 Å². The summed E-state index contributed by atoms with van der Waals surface area (Å²) in [4.78, 5) is 22.7. The van der Waals surface area contributed by atoms with Gasteiger partial charge in [0.05, 0.1) is 0 Å². The van der Waals surface area contributed by atoms with Gasteiger partial charge in [-0.2, -0.15) is 0 Å². The molecule has 2 rings (SSSR count). The first kappa shape index (κ1) is 14.4. The molecule has 1 unspecified atom stereocenters. The van der Waals surface area contributed by atoms with Crippen LogP contribution in [0.5, 0.6) is 0 Å². The summed E-state index contributed by atoms with van der Waals surface area (Å²) < 4.78 is 10.2. The van der Waals surface area contributed by atoms with E-state index in [9.17, 15) is 9.59 Å². The Balaban J connectivity index is 2.02. The molecule has 7 nitrogen and oxygen atoms in total. The first-order chi connectivity index (χ1) is 9.26. The fraction of sp³-hybridized carbons (Fsp3) is 0.615. The quantitative estimate of drug-likeness (QED) is 0.857. The molecule has 1 aliphatic rings. The number of hydrogen-bond acceptors (Lipinski definition) is 5. The number of amides is 1. The first-order valence-electron chi connectivity index (χ1n) is 6.46. The molecule has 0 saturated heterocycles. The van der Waals surface area contributed by atoms with E-state index in [1.54, 1.807) is 20.8 Å². The number of carbonyl (C=O) groups is 2. The van der Waals surface area contributed by atoms with Gasteiger partial charge in [0.2, 0.25) is 0 Å². The second kappa shape index (κ2) is 5.15. The molecule has 20 heavy (non-hydrogen) atoms. The molecule has 0 bridgehead atoms. The van der Waals surface area contributed by atoms with Gasteiger partial charge in [0.25, 0.3) is 0 Å². The van der Waals surface area contributed by atoms with E-state index in [4.69, 9.17) is 14.4 Å². The minimum atomic E-state index is -1.12. The van der Waals surface area contributed by atoms with Crippen molar-refractivity contribution in [2.75, 3.05) is 0 Å². The average Bonchev–Trinajstić information content (AvgIpc) is 2.69. The summed E-state index contributed by atoms with van der Waals surface area (Å²) in [6, 6.07) is -0.171. The van der Waals surface area contributed by atoms with Crippen molar-refractivity contribution in [1.82, 2.24) is 10.5 Å². The highest BCUT2D eigenvalue weighted by atomic mass is 16.6. The molecule has 0 spiro atoms. The molecular weight excluding hydrogens is 264 g/mol. The lowest BCUT2D eigenvalue weighted by molar-refractivity contribution is 0.0499. The third-order valence-electron chi connectivity index (χ3n) is 2.96. The second-order valence-corrected chi connectivity index (χ2v) is 5.82. The number of carboxylic acid groups (broad SMARTS) is 1. The van der Waals surface area contributed by atoms with Crippen molar-refractivity contribution in [3.8, 4) is 0 Å². The minimum absolute atomic E-state index is 0.0734. The van der Waals surface area contributed by atoms with Gasteiger partial charge in [0.15, 0.2) is 5.69 Å². The highest BCUT2D eigenvalue weighted by molar-refractivity contribution is 5.87. The zero-order valence-electron chi connectivity index (χ0n) is 11.7. The molecule has 0 saturated carbocycles. The molecule has 1 amide bonds. The number of aryl methyl sites for hydroxylation is 1. The van der Waals surface area contributed by atoms with E-state index < -0.39 is 17.7 Å². The third kappa shape index (κ3) is 3.28. The number of carboxylic acids is 1. The van der Waals surface area contributed by atoms with Crippen LogP contribution in [0.15, 0.2) is 4.52 Å². The van der Waals surface area contributed by atoms with Gasteiger partial charge >= 0.3 is 12.1 Å². The average molecular weight is 282 g/mol. The van der Waals surface area contributed by atoms with Gasteiger partial charge in [-0.25, -0.2) is 9.59 Å². The van der Waals surface area contributed by atoms with Gasteiger partial charge in [-0.3, -0.25) is 0 Å². The van der Waals surface area contributed by atoms with Crippen LogP contribution in [0, 0.1) is 0 Å². The van der Waals surface area contributed by atoms with E-state index in [1.165, 1.54) is 0 Å². The fourth-order valence-electron chi connectivity index (χ4n) is 2.17. The summed E-state index contributed by atoms with van der Waals surface area (Å²) in [5.74, 6) is -0.530. The number of alkyl carbamates (subject to hydrolysis) is 1. The largest absolute Gasteiger partial charge is 0.476 e. The predicted octanol–water partition coefficient (Wildman–Crippen LogP) is 1.75. The van der Waals surface area contributed by atoms with Crippen LogP contribution in [0.25, 0.3) is 0 Å². The number of hydrogen-bond donors (Lipinski definition) is 2. The van der Waals surface area contributed by atoms with Crippen molar-refractivity contribution in [3.63, 3.8) is 0 Å². The van der Waals surface area contributed by atoms with Gasteiger partial charge in [-0.1, -0.05) is 5.16 Å². The van der Waals surface area contributed by atoms with Crippen molar-refractivity contribution >= 4 is 12.1 Å².